The number of carbonyl (C=O) groups is 1. The van der Waals surface area contributed by atoms with E-state index in [4.69, 9.17) is 9.47 Å². The number of amides is 1. The molecule has 0 unspecified atom stereocenters. The lowest BCUT2D eigenvalue weighted by molar-refractivity contribution is -0.121. The second-order valence-corrected chi connectivity index (χ2v) is 6.27. The van der Waals surface area contributed by atoms with Crippen molar-refractivity contribution in [2.75, 3.05) is 6.61 Å². The minimum absolute atomic E-state index is 0.120. The van der Waals surface area contributed by atoms with E-state index >= 15 is 0 Å². The number of aryl methyl sites for hydroxylation is 1. The van der Waals surface area contributed by atoms with Gasteiger partial charge in [-0.3, -0.25) is 9.59 Å². The van der Waals surface area contributed by atoms with Crippen LogP contribution in [0.4, 0.5) is 0 Å². The van der Waals surface area contributed by atoms with Crippen LogP contribution in [0.1, 0.15) is 18.9 Å². The number of hydrogen-bond acceptors (Lipinski definition) is 5. The first-order chi connectivity index (χ1) is 14.1. The lowest BCUT2D eigenvalue weighted by Crippen LogP contribution is -2.26. The summed E-state index contributed by atoms with van der Waals surface area (Å²) in [5.41, 5.74) is 0.747. The Hall–Kier alpha value is -3.61. The Kier molecular flexibility index (Phi) is 7.00. The maximum atomic E-state index is 12.1. The third-order valence-corrected chi connectivity index (χ3v) is 4.12. The largest absolute Gasteiger partial charge is 0.494 e. The molecule has 150 valence electrons. The molecule has 1 N–H and O–H groups in total. The van der Waals surface area contributed by atoms with Crippen molar-refractivity contribution in [3.8, 4) is 17.4 Å². The molecule has 0 aliphatic carbocycles. The Labute approximate surface area is 168 Å². The maximum Gasteiger partial charge on any atom is 0.250 e. The van der Waals surface area contributed by atoms with Gasteiger partial charge in [-0.15, -0.1) is 0 Å². The minimum atomic E-state index is -0.133. The van der Waals surface area contributed by atoms with Gasteiger partial charge in [-0.2, -0.15) is 0 Å². The van der Waals surface area contributed by atoms with E-state index in [-0.39, 0.29) is 17.9 Å². The summed E-state index contributed by atoms with van der Waals surface area (Å²) >= 11 is 0. The van der Waals surface area contributed by atoms with E-state index in [1.807, 2.05) is 37.3 Å². The van der Waals surface area contributed by atoms with E-state index in [0.717, 1.165) is 11.3 Å². The molecule has 3 rings (SSSR count). The van der Waals surface area contributed by atoms with Crippen LogP contribution in [0.15, 0.2) is 71.8 Å². The number of pyridine rings is 2. The van der Waals surface area contributed by atoms with Crippen LogP contribution >= 0.6 is 0 Å². The van der Waals surface area contributed by atoms with Gasteiger partial charge in [-0.25, -0.2) is 4.98 Å². The molecule has 0 spiro atoms. The monoisotopic (exact) mass is 393 g/mol. The summed E-state index contributed by atoms with van der Waals surface area (Å²) in [6.45, 7) is 3.23. The zero-order valence-electron chi connectivity index (χ0n) is 16.2. The molecule has 3 aromatic rings. The number of rotatable bonds is 9. The normalized spacial score (nSPS) is 10.4. The van der Waals surface area contributed by atoms with Crippen LogP contribution in [-0.2, 0) is 17.9 Å². The van der Waals surface area contributed by atoms with Gasteiger partial charge in [0.05, 0.1) is 6.61 Å². The highest BCUT2D eigenvalue weighted by Gasteiger charge is 2.05. The summed E-state index contributed by atoms with van der Waals surface area (Å²) in [4.78, 5) is 27.9. The van der Waals surface area contributed by atoms with Crippen LogP contribution in [0.5, 0.6) is 17.4 Å². The molecule has 0 aliphatic heterocycles. The van der Waals surface area contributed by atoms with Crippen molar-refractivity contribution in [1.82, 2.24) is 14.9 Å². The Morgan fingerprint density at radius 1 is 1.10 bits per heavy atom. The van der Waals surface area contributed by atoms with Gasteiger partial charge in [0, 0.05) is 44.0 Å². The van der Waals surface area contributed by atoms with E-state index in [9.17, 15) is 9.59 Å². The van der Waals surface area contributed by atoms with E-state index in [2.05, 4.69) is 10.3 Å². The minimum Gasteiger partial charge on any atom is -0.494 e. The van der Waals surface area contributed by atoms with Crippen molar-refractivity contribution in [3.63, 3.8) is 0 Å². The first-order valence-corrected chi connectivity index (χ1v) is 9.42. The molecule has 29 heavy (non-hydrogen) atoms. The van der Waals surface area contributed by atoms with Crippen molar-refractivity contribution in [3.05, 3.63) is 82.9 Å². The van der Waals surface area contributed by atoms with Gasteiger partial charge >= 0.3 is 0 Å². The summed E-state index contributed by atoms with van der Waals surface area (Å²) in [5, 5.41) is 2.85. The average Bonchev–Trinajstić information content (AvgIpc) is 2.74. The Bertz CT molecular complexity index is 999. The van der Waals surface area contributed by atoms with Crippen LogP contribution in [-0.4, -0.2) is 22.1 Å². The average molecular weight is 393 g/mol. The van der Waals surface area contributed by atoms with Gasteiger partial charge in [0.1, 0.15) is 11.5 Å². The molecule has 2 heterocycles. The zero-order chi connectivity index (χ0) is 20.5. The highest BCUT2D eigenvalue weighted by Crippen LogP contribution is 2.23. The van der Waals surface area contributed by atoms with Crippen molar-refractivity contribution in [2.45, 2.75) is 26.4 Å². The number of benzene rings is 1. The number of aromatic nitrogens is 2. The molecule has 1 aromatic carbocycles. The van der Waals surface area contributed by atoms with Gasteiger partial charge in [0.25, 0.3) is 5.56 Å². The third kappa shape index (κ3) is 6.21. The van der Waals surface area contributed by atoms with Gasteiger partial charge < -0.3 is 19.4 Å². The quantitative estimate of drug-likeness (QED) is 0.604. The van der Waals surface area contributed by atoms with Crippen LogP contribution < -0.4 is 20.3 Å². The van der Waals surface area contributed by atoms with Gasteiger partial charge in [-0.05, 0) is 48.9 Å². The lowest BCUT2D eigenvalue weighted by atomic mass is 10.2. The Balaban J connectivity index is 1.51. The van der Waals surface area contributed by atoms with Crippen LogP contribution in [0, 0.1) is 0 Å². The van der Waals surface area contributed by atoms with Gasteiger partial charge in [0.15, 0.2) is 0 Å². The predicted molar refractivity (Wildman–Crippen MR) is 109 cm³/mol. The number of carbonyl (C=O) groups excluding carboxylic acids is 1. The van der Waals surface area contributed by atoms with E-state index < -0.39 is 0 Å². The molecule has 0 aliphatic rings. The van der Waals surface area contributed by atoms with Crippen molar-refractivity contribution in [1.29, 1.82) is 0 Å². The third-order valence-electron chi connectivity index (χ3n) is 4.12. The Morgan fingerprint density at radius 2 is 1.90 bits per heavy atom. The molecule has 0 fully saturated rings. The molecular formula is C22H23N3O4. The van der Waals surface area contributed by atoms with E-state index in [1.54, 1.807) is 30.6 Å². The molecule has 0 atom stereocenters. The predicted octanol–water partition coefficient (Wildman–Crippen LogP) is 3.14. The fourth-order valence-electron chi connectivity index (χ4n) is 2.66. The smallest absolute Gasteiger partial charge is 0.250 e. The van der Waals surface area contributed by atoms with Crippen molar-refractivity contribution in [2.24, 2.45) is 0 Å². The number of hydrogen-bond donors (Lipinski definition) is 1. The van der Waals surface area contributed by atoms with Crippen LogP contribution in [0.25, 0.3) is 0 Å². The highest BCUT2D eigenvalue weighted by atomic mass is 16.5. The molecular weight excluding hydrogens is 370 g/mol. The molecule has 1 amide bonds. The SMILES string of the molecule is CCOc1ccc(Oc2cc(CNC(=O)CCn3ccccc3=O)ccn2)cc1. The maximum absolute atomic E-state index is 12.1. The fraction of sp³-hybridized carbons (Fsp3) is 0.227. The summed E-state index contributed by atoms with van der Waals surface area (Å²) in [6.07, 6.45) is 3.53. The van der Waals surface area contributed by atoms with Crippen LogP contribution in [0.2, 0.25) is 0 Å². The molecule has 7 heteroatoms. The van der Waals surface area contributed by atoms with Crippen molar-refractivity contribution >= 4 is 5.91 Å². The topological polar surface area (TPSA) is 82.5 Å². The van der Waals surface area contributed by atoms with Crippen LogP contribution in [0.3, 0.4) is 0 Å². The molecule has 7 nitrogen and oxygen atoms in total. The first kappa shape index (κ1) is 20.1. The fourth-order valence-corrected chi connectivity index (χ4v) is 2.66. The summed E-state index contributed by atoms with van der Waals surface area (Å²) < 4.78 is 12.7. The highest BCUT2D eigenvalue weighted by molar-refractivity contribution is 5.75. The second-order valence-electron chi connectivity index (χ2n) is 6.27. The molecule has 2 aromatic heterocycles. The Morgan fingerprint density at radius 3 is 2.66 bits per heavy atom. The number of nitrogens with one attached hydrogen (secondary N) is 1. The number of nitrogens with zero attached hydrogens (tertiary/aromatic N) is 2. The van der Waals surface area contributed by atoms with E-state index in [0.29, 0.717) is 31.3 Å². The first-order valence-electron chi connectivity index (χ1n) is 9.42. The second kappa shape index (κ2) is 10.1. The van der Waals surface area contributed by atoms with Gasteiger partial charge in [-0.1, -0.05) is 6.07 Å². The standard InChI is InChI=1S/C22H23N3O4/c1-2-28-18-6-8-19(9-7-18)29-21-15-17(10-12-23-21)16-24-20(26)11-14-25-13-4-3-5-22(25)27/h3-10,12-13,15H,2,11,14,16H2,1H3,(H,24,26). The number of ether oxygens (including phenoxy) is 2. The summed E-state index contributed by atoms with van der Waals surface area (Å²) in [5.74, 6) is 1.74. The molecule has 0 saturated carbocycles. The summed E-state index contributed by atoms with van der Waals surface area (Å²) in [7, 11) is 0. The van der Waals surface area contributed by atoms with Crippen molar-refractivity contribution < 1.29 is 14.3 Å². The van der Waals surface area contributed by atoms with E-state index in [1.165, 1.54) is 10.6 Å². The lowest BCUT2D eigenvalue weighted by Gasteiger charge is -2.09. The molecule has 0 saturated heterocycles. The zero-order valence-corrected chi connectivity index (χ0v) is 16.2. The molecule has 0 radical (unpaired) electrons. The molecule has 0 bridgehead atoms. The van der Waals surface area contributed by atoms with Gasteiger partial charge in [0.2, 0.25) is 11.8 Å². The summed E-state index contributed by atoms with van der Waals surface area (Å²) in [6, 6.07) is 15.8.